The third kappa shape index (κ3) is 4.53. The van der Waals surface area contributed by atoms with Gasteiger partial charge in [0.15, 0.2) is 0 Å². The van der Waals surface area contributed by atoms with E-state index < -0.39 is 36.3 Å². The summed E-state index contributed by atoms with van der Waals surface area (Å²) in [5, 5.41) is 10.3. The van der Waals surface area contributed by atoms with Crippen LogP contribution in [0, 0.1) is 6.92 Å². The van der Waals surface area contributed by atoms with Crippen LogP contribution < -0.4 is 11.2 Å². The van der Waals surface area contributed by atoms with Crippen LogP contribution in [0.2, 0.25) is 0 Å². The molecule has 2 unspecified atom stereocenters. The monoisotopic (exact) mass is 433 g/mol. The first-order chi connectivity index (χ1) is 13.1. The Bertz CT molecular complexity index is 920. The van der Waals surface area contributed by atoms with E-state index in [-0.39, 0.29) is 13.0 Å². The third-order valence-corrected chi connectivity index (χ3v) is 6.21. The lowest BCUT2D eigenvalue weighted by atomic mass is 10.2. The molecule has 2 aliphatic heterocycles. The smallest absolute Gasteiger partial charge is 0.330 e. The number of aromatic amines is 1. The Hall–Kier alpha value is -1.56. The van der Waals surface area contributed by atoms with Gasteiger partial charge in [-0.3, -0.25) is 14.3 Å². The summed E-state index contributed by atoms with van der Waals surface area (Å²) in [7, 11) is 3.69. The van der Waals surface area contributed by atoms with Gasteiger partial charge in [0.05, 0.1) is 12.7 Å². The molecule has 28 heavy (non-hydrogen) atoms. The predicted molar refractivity (Wildman–Crippen MR) is 106 cm³/mol. The minimum Gasteiger partial charge on any atom is -0.390 e. The number of H-pyrrole nitrogens is 1. The van der Waals surface area contributed by atoms with Gasteiger partial charge in [0.2, 0.25) is 5.96 Å². The van der Waals surface area contributed by atoms with Crippen molar-refractivity contribution in [3.8, 4) is 0 Å². The van der Waals surface area contributed by atoms with E-state index in [1.807, 2.05) is 23.9 Å². The largest absolute Gasteiger partial charge is 0.390 e. The Kier molecular flexibility index (Phi) is 6.08. The SMILES string of the molecule is Cc1cn([C@H]2CC(O)[C@@H](COP(O)(=S)N=C3N(C)CCN3C)O2)c(=O)[nH]c1=O. The third-order valence-electron chi connectivity index (χ3n) is 4.74. The average molecular weight is 433 g/mol. The fraction of sp³-hybridized carbons (Fsp3) is 0.667. The van der Waals surface area contributed by atoms with Gasteiger partial charge < -0.3 is 29.1 Å². The molecule has 0 amide bonds. The zero-order valence-corrected chi connectivity index (χ0v) is 17.5. The van der Waals surface area contributed by atoms with Gasteiger partial charge in [0.25, 0.3) is 5.56 Å². The molecule has 13 heteroatoms. The van der Waals surface area contributed by atoms with E-state index in [4.69, 9.17) is 21.1 Å². The minimum absolute atomic E-state index is 0.133. The van der Waals surface area contributed by atoms with Crippen LogP contribution in [-0.4, -0.2) is 81.3 Å². The maximum Gasteiger partial charge on any atom is 0.330 e. The first kappa shape index (κ1) is 21.2. The van der Waals surface area contributed by atoms with Gasteiger partial charge in [-0.2, -0.15) is 4.76 Å². The van der Waals surface area contributed by atoms with Gasteiger partial charge in [-0.05, 0) is 18.7 Å². The van der Waals surface area contributed by atoms with E-state index in [2.05, 4.69) is 9.75 Å². The van der Waals surface area contributed by atoms with Gasteiger partial charge in [-0.15, -0.1) is 0 Å². The van der Waals surface area contributed by atoms with Crippen LogP contribution in [0.5, 0.6) is 0 Å². The molecular weight excluding hydrogens is 409 g/mol. The molecule has 0 spiro atoms. The van der Waals surface area contributed by atoms with Crippen molar-refractivity contribution in [1.82, 2.24) is 19.4 Å². The summed E-state index contributed by atoms with van der Waals surface area (Å²) in [5.41, 5.74) is -0.745. The van der Waals surface area contributed by atoms with Crippen LogP contribution >= 0.6 is 6.64 Å². The van der Waals surface area contributed by atoms with Gasteiger partial charge in [-0.25, -0.2) is 4.79 Å². The molecule has 3 rings (SSSR count). The highest BCUT2D eigenvalue weighted by Crippen LogP contribution is 2.46. The summed E-state index contributed by atoms with van der Waals surface area (Å²) >= 11 is 5.11. The quantitative estimate of drug-likeness (QED) is 0.498. The molecule has 2 aliphatic rings. The highest BCUT2D eigenvalue weighted by Gasteiger charge is 2.37. The Morgan fingerprint density at radius 1 is 1.39 bits per heavy atom. The lowest BCUT2D eigenvalue weighted by molar-refractivity contribution is -0.0408. The second kappa shape index (κ2) is 8.05. The minimum atomic E-state index is -3.48. The summed E-state index contributed by atoms with van der Waals surface area (Å²) in [5.74, 6) is 0.548. The van der Waals surface area contributed by atoms with Crippen molar-refractivity contribution in [2.45, 2.75) is 31.8 Å². The molecule has 2 saturated heterocycles. The number of aliphatic hydroxyl groups excluding tert-OH is 1. The summed E-state index contributed by atoms with van der Waals surface area (Å²) in [6.07, 6.45) is -0.966. The maximum atomic E-state index is 12.0. The summed E-state index contributed by atoms with van der Waals surface area (Å²) in [6, 6.07) is 0. The molecule has 0 aliphatic carbocycles. The van der Waals surface area contributed by atoms with Crippen molar-refractivity contribution in [3.63, 3.8) is 0 Å². The predicted octanol–water partition coefficient (Wildman–Crippen LogP) is -1.04. The molecular formula is C15H24N5O6PS. The van der Waals surface area contributed by atoms with Gasteiger partial charge in [0, 0.05) is 45.4 Å². The lowest BCUT2D eigenvalue weighted by Gasteiger charge is -2.21. The molecule has 3 N–H and O–H groups in total. The first-order valence-electron chi connectivity index (χ1n) is 8.73. The lowest BCUT2D eigenvalue weighted by Crippen LogP contribution is -2.33. The standard InChI is InChI=1S/C15H24N5O6PS/c1-9-7-20(15(23)16-13(9)22)12-6-10(21)11(26-12)8-25-27(24,28)17-14-18(2)4-5-19(14)3/h7,10-12,21H,4-6,8H2,1-3H3,(H,24,28)(H,16,22,23)/t10?,11-,12-,27?/m1/s1. The van der Waals surface area contributed by atoms with Crippen molar-refractivity contribution >= 4 is 24.4 Å². The molecule has 0 saturated carbocycles. The molecule has 3 heterocycles. The second-order valence-corrected chi connectivity index (χ2v) is 9.81. The fourth-order valence-corrected chi connectivity index (χ4v) is 4.42. The summed E-state index contributed by atoms with van der Waals surface area (Å²) in [4.78, 5) is 39.8. The van der Waals surface area contributed by atoms with Crippen LogP contribution in [0.15, 0.2) is 20.5 Å². The van der Waals surface area contributed by atoms with Gasteiger partial charge >= 0.3 is 12.3 Å². The van der Waals surface area contributed by atoms with Crippen LogP contribution in [0.1, 0.15) is 18.2 Å². The fourth-order valence-electron chi connectivity index (χ4n) is 3.09. The maximum absolute atomic E-state index is 12.0. The van der Waals surface area contributed by atoms with E-state index in [1.165, 1.54) is 10.8 Å². The average Bonchev–Trinajstić information content (AvgIpc) is 3.13. The number of nitrogens with zero attached hydrogens (tertiary/aromatic N) is 4. The van der Waals surface area contributed by atoms with E-state index in [1.54, 1.807) is 6.92 Å². The van der Waals surface area contributed by atoms with E-state index in [0.717, 1.165) is 13.1 Å². The number of guanidine groups is 1. The second-order valence-electron chi connectivity index (χ2n) is 6.94. The molecule has 1 aromatic heterocycles. The number of nitrogens with one attached hydrogen (secondary N) is 1. The van der Waals surface area contributed by atoms with Crippen LogP contribution in [0.25, 0.3) is 0 Å². The Morgan fingerprint density at radius 2 is 2.04 bits per heavy atom. The Morgan fingerprint density at radius 3 is 2.68 bits per heavy atom. The number of aliphatic hydroxyl groups is 1. The summed E-state index contributed by atoms with van der Waals surface area (Å²) in [6.45, 7) is -0.550. The van der Waals surface area contributed by atoms with Crippen LogP contribution in [-0.2, 0) is 21.1 Å². The van der Waals surface area contributed by atoms with E-state index in [9.17, 15) is 19.6 Å². The van der Waals surface area contributed by atoms with Crippen LogP contribution in [0.3, 0.4) is 0 Å². The molecule has 0 radical (unpaired) electrons. The normalized spacial score (nSPS) is 27.3. The zero-order valence-electron chi connectivity index (χ0n) is 15.8. The zero-order chi connectivity index (χ0) is 20.6. The Balaban J connectivity index is 1.67. The van der Waals surface area contributed by atoms with Gasteiger partial charge in [-0.1, -0.05) is 0 Å². The molecule has 0 aromatic carbocycles. The number of likely N-dealkylation sites (N-methyl/N-ethyl adjacent to an activating group) is 2. The van der Waals surface area contributed by atoms with Crippen molar-refractivity contribution in [3.05, 3.63) is 32.6 Å². The van der Waals surface area contributed by atoms with Crippen molar-refractivity contribution in [2.24, 2.45) is 4.76 Å². The van der Waals surface area contributed by atoms with Crippen LogP contribution in [0.4, 0.5) is 0 Å². The molecule has 11 nitrogen and oxygen atoms in total. The van der Waals surface area contributed by atoms with Crippen molar-refractivity contribution in [1.29, 1.82) is 0 Å². The molecule has 1 aromatic rings. The van der Waals surface area contributed by atoms with E-state index >= 15 is 0 Å². The number of ether oxygens (including phenoxy) is 1. The van der Waals surface area contributed by atoms with Crippen molar-refractivity contribution in [2.75, 3.05) is 33.8 Å². The molecule has 156 valence electrons. The highest BCUT2D eigenvalue weighted by atomic mass is 32.5. The number of hydrogen-bond acceptors (Lipinski definition) is 6. The first-order valence-corrected chi connectivity index (χ1v) is 11.4. The number of rotatable bonds is 5. The number of aryl methyl sites for hydroxylation is 1. The van der Waals surface area contributed by atoms with Gasteiger partial charge in [0.1, 0.15) is 12.3 Å². The molecule has 4 atom stereocenters. The topological polar surface area (TPSA) is 133 Å². The summed E-state index contributed by atoms with van der Waals surface area (Å²) < 4.78 is 16.5. The molecule has 0 bridgehead atoms. The van der Waals surface area contributed by atoms with Crippen molar-refractivity contribution < 1.29 is 19.3 Å². The van der Waals surface area contributed by atoms with E-state index in [0.29, 0.717) is 11.5 Å². The highest BCUT2D eigenvalue weighted by molar-refractivity contribution is 8.08. The number of hydrogen-bond donors (Lipinski definition) is 3. The number of aromatic nitrogens is 2. The Labute approximate surface area is 166 Å². The molecule has 2 fully saturated rings.